The Morgan fingerprint density at radius 3 is 3.00 bits per heavy atom. The van der Waals surface area contributed by atoms with E-state index < -0.39 is 0 Å². The number of amides is 1. The average Bonchev–Trinajstić information content (AvgIpc) is 3.07. The van der Waals surface area contributed by atoms with Gasteiger partial charge in [-0.3, -0.25) is 9.69 Å². The number of carbonyl (C=O) groups excluding carboxylic acids is 1. The summed E-state index contributed by atoms with van der Waals surface area (Å²) in [5, 5.41) is 4.09. The first-order valence-electron chi connectivity index (χ1n) is 8.03. The maximum absolute atomic E-state index is 12.5. The van der Waals surface area contributed by atoms with E-state index >= 15 is 0 Å². The second-order valence-electron chi connectivity index (χ2n) is 6.41. The predicted molar refractivity (Wildman–Crippen MR) is 80.6 cm³/mol. The molecule has 1 saturated heterocycles. The van der Waals surface area contributed by atoms with Crippen LogP contribution in [0.1, 0.15) is 42.1 Å². The monoisotopic (exact) mass is 316 g/mol. The lowest BCUT2D eigenvalue weighted by molar-refractivity contribution is -0.133. The molecule has 2 aromatic heterocycles. The third-order valence-electron chi connectivity index (χ3n) is 4.62. The molecule has 2 fully saturated rings. The second-order valence-corrected chi connectivity index (χ2v) is 6.41. The summed E-state index contributed by atoms with van der Waals surface area (Å²) >= 11 is 0. The van der Waals surface area contributed by atoms with Gasteiger partial charge < -0.3 is 13.8 Å². The number of nitrogens with zero attached hydrogens (tertiary/aromatic N) is 4. The SMILES string of the molecule is CN1CCN(C(=O)Cc2ccoc2)CC1c1nc(C2CC2)no1. The number of furan rings is 1. The lowest BCUT2D eigenvalue weighted by atomic mass is 10.1. The molecule has 7 heteroatoms. The zero-order valence-electron chi connectivity index (χ0n) is 13.1. The molecule has 1 aliphatic heterocycles. The van der Waals surface area contributed by atoms with Gasteiger partial charge >= 0.3 is 0 Å². The highest BCUT2D eigenvalue weighted by molar-refractivity contribution is 5.78. The van der Waals surface area contributed by atoms with Gasteiger partial charge in [0.15, 0.2) is 5.82 Å². The summed E-state index contributed by atoms with van der Waals surface area (Å²) < 4.78 is 10.5. The fraction of sp³-hybridized carbons (Fsp3) is 0.562. The van der Waals surface area contributed by atoms with Crippen molar-refractivity contribution in [2.24, 2.45) is 0 Å². The van der Waals surface area contributed by atoms with Crippen LogP contribution in [0.3, 0.4) is 0 Å². The molecule has 0 bridgehead atoms. The summed E-state index contributed by atoms with van der Waals surface area (Å²) in [5.41, 5.74) is 0.902. The first-order chi connectivity index (χ1) is 11.2. The van der Waals surface area contributed by atoms with Gasteiger partial charge in [-0.25, -0.2) is 0 Å². The quantitative estimate of drug-likeness (QED) is 0.853. The summed E-state index contributed by atoms with van der Waals surface area (Å²) in [4.78, 5) is 21.1. The Labute approximate surface area is 134 Å². The van der Waals surface area contributed by atoms with Gasteiger partial charge in [-0.2, -0.15) is 4.98 Å². The molecule has 7 nitrogen and oxygen atoms in total. The lowest BCUT2D eigenvalue weighted by Gasteiger charge is -2.37. The Balaban J connectivity index is 1.45. The molecule has 0 N–H and O–H groups in total. The fourth-order valence-electron chi connectivity index (χ4n) is 2.94. The van der Waals surface area contributed by atoms with Crippen molar-refractivity contribution in [3.8, 4) is 0 Å². The van der Waals surface area contributed by atoms with Crippen LogP contribution in [-0.4, -0.2) is 52.5 Å². The molecule has 122 valence electrons. The fourth-order valence-corrected chi connectivity index (χ4v) is 2.94. The number of hydrogen-bond donors (Lipinski definition) is 0. The molecule has 0 spiro atoms. The molecule has 2 aliphatic rings. The van der Waals surface area contributed by atoms with E-state index in [9.17, 15) is 4.79 Å². The Morgan fingerprint density at radius 1 is 1.39 bits per heavy atom. The van der Waals surface area contributed by atoms with Gasteiger partial charge in [-0.1, -0.05) is 5.16 Å². The minimum Gasteiger partial charge on any atom is -0.472 e. The number of carbonyl (C=O) groups is 1. The topological polar surface area (TPSA) is 75.6 Å². The standard InChI is InChI=1S/C16H20N4O3/c1-19-5-6-20(14(21)8-11-4-7-22-10-11)9-13(19)16-17-15(18-23-16)12-2-3-12/h4,7,10,12-13H,2-3,5-6,8-9H2,1H3. The van der Waals surface area contributed by atoms with E-state index in [0.717, 1.165) is 30.8 Å². The van der Waals surface area contributed by atoms with Crippen LogP contribution < -0.4 is 0 Å². The molecule has 4 rings (SSSR count). The maximum Gasteiger partial charge on any atom is 0.245 e. The minimum absolute atomic E-state index is 0.0305. The molecule has 1 unspecified atom stereocenters. The second kappa shape index (κ2) is 5.81. The first kappa shape index (κ1) is 14.4. The van der Waals surface area contributed by atoms with Crippen LogP contribution in [-0.2, 0) is 11.2 Å². The van der Waals surface area contributed by atoms with Crippen LogP contribution in [0.4, 0.5) is 0 Å². The molecule has 0 radical (unpaired) electrons. The van der Waals surface area contributed by atoms with E-state index in [1.807, 2.05) is 18.0 Å². The van der Waals surface area contributed by atoms with Crippen molar-refractivity contribution < 1.29 is 13.7 Å². The number of aromatic nitrogens is 2. The summed E-state index contributed by atoms with van der Waals surface area (Å²) in [5.74, 6) is 2.01. The van der Waals surface area contributed by atoms with Gasteiger partial charge in [-0.05, 0) is 31.5 Å². The molecule has 3 heterocycles. The number of hydrogen-bond acceptors (Lipinski definition) is 6. The van der Waals surface area contributed by atoms with Crippen molar-refractivity contribution >= 4 is 5.91 Å². The normalized spacial score (nSPS) is 22.5. The molecular formula is C16H20N4O3. The lowest BCUT2D eigenvalue weighted by Crippen LogP contribution is -2.49. The van der Waals surface area contributed by atoms with Crippen molar-refractivity contribution in [1.82, 2.24) is 19.9 Å². The summed E-state index contributed by atoms with van der Waals surface area (Å²) in [6.07, 6.45) is 5.87. The zero-order chi connectivity index (χ0) is 15.8. The highest BCUT2D eigenvalue weighted by atomic mass is 16.5. The Morgan fingerprint density at radius 2 is 2.26 bits per heavy atom. The van der Waals surface area contributed by atoms with Gasteiger partial charge in [-0.15, -0.1) is 0 Å². The van der Waals surface area contributed by atoms with Gasteiger partial charge in [0.1, 0.15) is 6.04 Å². The summed E-state index contributed by atoms with van der Waals surface area (Å²) in [7, 11) is 2.03. The van der Waals surface area contributed by atoms with Crippen molar-refractivity contribution in [2.75, 3.05) is 26.7 Å². The third kappa shape index (κ3) is 3.01. The van der Waals surface area contributed by atoms with E-state index in [1.54, 1.807) is 12.5 Å². The Bertz CT molecular complexity index is 677. The highest BCUT2D eigenvalue weighted by Crippen LogP contribution is 2.38. The van der Waals surface area contributed by atoms with E-state index in [4.69, 9.17) is 8.94 Å². The number of piperazine rings is 1. The maximum atomic E-state index is 12.5. The van der Waals surface area contributed by atoms with Crippen LogP contribution in [0, 0.1) is 0 Å². The van der Waals surface area contributed by atoms with Crippen molar-refractivity contribution in [3.05, 3.63) is 35.9 Å². The smallest absolute Gasteiger partial charge is 0.245 e. The number of rotatable bonds is 4. The Hall–Kier alpha value is -2.15. The summed E-state index contributed by atoms with van der Waals surface area (Å²) in [6.45, 7) is 2.09. The van der Waals surface area contributed by atoms with E-state index in [1.165, 1.54) is 0 Å². The minimum atomic E-state index is -0.0305. The first-order valence-corrected chi connectivity index (χ1v) is 8.03. The van der Waals surface area contributed by atoms with Crippen molar-refractivity contribution in [3.63, 3.8) is 0 Å². The largest absolute Gasteiger partial charge is 0.472 e. The third-order valence-corrected chi connectivity index (χ3v) is 4.62. The molecule has 23 heavy (non-hydrogen) atoms. The van der Waals surface area contributed by atoms with E-state index in [0.29, 0.717) is 31.3 Å². The number of likely N-dealkylation sites (N-methyl/N-ethyl adjacent to an activating group) is 1. The highest BCUT2D eigenvalue weighted by Gasteiger charge is 2.34. The van der Waals surface area contributed by atoms with E-state index in [-0.39, 0.29) is 11.9 Å². The van der Waals surface area contributed by atoms with Crippen LogP contribution in [0.5, 0.6) is 0 Å². The van der Waals surface area contributed by atoms with E-state index in [2.05, 4.69) is 15.0 Å². The van der Waals surface area contributed by atoms with Crippen LogP contribution >= 0.6 is 0 Å². The van der Waals surface area contributed by atoms with Crippen LogP contribution in [0.2, 0.25) is 0 Å². The summed E-state index contributed by atoms with van der Waals surface area (Å²) in [6, 6.07) is 1.79. The average molecular weight is 316 g/mol. The zero-order valence-corrected chi connectivity index (χ0v) is 13.1. The van der Waals surface area contributed by atoms with Gasteiger partial charge in [0.05, 0.1) is 18.9 Å². The van der Waals surface area contributed by atoms with Gasteiger partial charge in [0, 0.05) is 25.6 Å². The molecule has 1 atom stereocenters. The molecule has 1 aliphatic carbocycles. The predicted octanol–water partition coefficient (Wildman–Crippen LogP) is 1.60. The van der Waals surface area contributed by atoms with Crippen molar-refractivity contribution in [1.29, 1.82) is 0 Å². The van der Waals surface area contributed by atoms with Crippen molar-refractivity contribution in [2.45, 2.75) is 31.2 Å². The van der Waals surface area contributed by atoms with Gasteiger partial charge in [0.2, 0.25) is 11.8 Å². The molecule has 1 saturated carbocycles. The van der Waals surface area contributed by atoms with Crippen LogP contribution in [0.15, 0.2) is 27.5 Å². The van der Waals surface area contributed by atoms with Gasteiger partial charge in [0.25, 0.3) is 0 Å². The molecule has 1 amide bonds. The molecule has 2 aromatic rings. The Kier molecular flexibility index (Phi) is 3.65. The molecule has 0 aromatic carbocycles. The molecular weight excluding hydrogens is 296 g/mol. The van der Waals surface area contributed by atoms with Crippen LogP contribution in [0.25, 0.3) is 0 Å².